The summed E-state index contributed by atoms with van der Waals surface area (Å²) >= 11 is 6.15. The van der Waals surface area contributed by atoms with Crippen LogP contribution in [0.15, 0.2) is 96.1 Å². The van der Waals surface area contributed by atoms with Gasteiger partial charge in [-0.25, -0.2) is 0 Å². The van der Waals surface area contributed by atoms with Crippen molar-refractivity contribution >= 4 is 88.0 Å². The quantitative estimate of drug-likeness (QED) is 0.0793. The summed E-state index contributed by atoms with van der Waals surface area (Å²) in [6.45, 7) is 0. The standard InChI is InChI=1S/C30H22ClN7O8S2/c31-28-33-29(35-30(34-28)38(16-47(41,42)43)19-7-2-1-3-8-19)32-18-11-12-21-22(14-18)25(48(44,45)46)15-24(40)27(21)37-36-26-20-9-5-4-6-17(20)10-13-23(26)39/h1-15,36,39H,16H2,(H,41,42,43)(H,44,45,46)(H,32,33,34,35)/b37-27-. The second-order valence-corrected chi connectivity index (χ2v) is 13.3. The average molecular weight is 708 g/mol. The fraction of sp³-hybridized carbons (Fsp3) is 0.0333. The van der Waals surface area contributed by atoms with E-state index in [1.807, 2.05) is 12.1 Å². The van der Waals surface area contributed by atoms with E-state index in [-0.39, 0.29) is 51.1 Å². The van der Waals surface area contributed by atoms with Gasteiger partial charge in [0.2, 0.25) is 23.0 Å². The summed E-state index contributed by atoms with van der Waals surface area (Å²) in [5.41, 5.74) is 3.09. The Morgan fingerprint density at radius 3 is 2.31 bits per heavy atom. The molecule has 0 radical (unpaired) electrons. The highest BCUT2D eigenvalue weighted by atomic mass is 35.5. The number of hydrazone groups is 1. The van der Waals surface area contributed by atoms with Crippen LogP contribution in [0.5, 0.6) is 5.75 Å². The lowest BCUT2D eigenvalue weighted by Crippen LogP contribution is -2.27. The van der Waals surface area contributed by atoms with E-state index in [1.165, 1.54) is 24.3 Å². The molecule has 0 saturated heterocycles. The second-order valence-electron chi connectivity index (χ2n) is 10.2. The van der Waals surface area contributed by atoms with Crippen molar-refractivity contribution in [2.24, 2.45) is 5.10 Å². The maximum atomic E-state index is 13.1. The fourth-order valence-corrected chi connectivity index (χ4v) is 6.36. The van der Waals surface area contributed by atoms with Crippen LogP contribution in [0.3, 0.4) is 0 Å². The Labute approximate surface area is 277 Å². The molecule has 1 heterocycles. The molecule has 48 heavy (non-hydrogen) atoms. The molecule has 0 bridgehead atoms. The zero-order chi connectivity index (χ0) is 34.2. The van der Waals surface area contributed by atoms with Gasteiger partial charge >= 0.3 is 0 Å². The third kappa shape index (κ3) is 6.94. The topological polar surface area (TPSA) is 224 Å². The van der Waals surface area contributed by atoms with Crippen LogP contribution in [0.25, 0.3) is 15.7 Å². The number of phenols is 1. The van der Waals surface area contributed by atoms with Crippen LogP contribution in [-0.4, -0.2) is 63.4 Å². The average Bonchev–Trinajstić information content (AvgIpc) is 3.03. The van der Waals surface area contributed by atoms with Crippen molar-refractivity contribution in [1.82, 2.24) is 15.0 Å². The number of anilines is 5. The Bertz CT molecular complexity index is 2390. The molecule has 5 N–H and O–H groups in total. The number of fused-ring (bicyclic) bond motifs is 2. The van der Waals surface area contributed by atoms with E-state index in [0.29, 0.717) is 11.1 Å². The predicted molar refractivity (Wildman–Crippen MR) is 180 cm³/mol. The molecule has 5 aromatic rings. The van der Waals surface area contributed by atoms with Gasteiger partial charge in [0.1, 0.15) is 22.1 Å². The van der Waals surface area contributed by atoms with Gasteiger partial charge in [0.05, 0.1) is 0 Å². The highest BCUT2D eigenvalue weighted by Gasteiger charge is 2.31. The first-order chi connectivity index (χ1) is 22.8. The molecule has 1 aliphatic carbocycles. The van der Waals surface area contributed by atoms with E-state index in [1.54, 1.807) is 48.5 Å². The number of carbonyl (C=O) groups is 1. The van der Waals surface area contributed by atoms with Gasteiger partial charge in [0.15, 0.2) is 5.88 Å². The number of carbonyl (C=O) groups excluding carboxylic acids is 1. The van der Waals surface area contributed by atoms with Crippen molar-refractivity contribution in [1.29, 1.82) is 0 Å². The van der Waals surface area contributed by atoms with Crippen molar-refractivity contribution in [3.8, 4) is 5.75 Å². The number of benzene rings is 4. The van der Waals surface area contributed by atoms with Crippen LogP contribution in [-0.2, 0) is 25.0 Å². The molecular formula is C30H22ClN7O8S2. The second kappa shape index (κ2) is 12.6. The lowest BCUT2D eigenvalue weighted by Gasteiger charge is -2.22. The number of nitrogens with zero attached hydrogens (tertiary/aromatic N) is 5. The first kappa shape index (κ1) is 32.5. The van der Waals surface area contributed by atoms with Gasteiger partial charge in [-0.3, -0.25) is 24.2 Å². The number of allylic oxidation sites excluding steroid dienone is 1. The van der Waals surface area contributed by atoms with E-state index in [4.69, 9.17) is 11.6 Å². The highest BCUT2D eigenvalue weighted by molar-refractivity contribution is 7.95. The van der Waals surface area contributed by atoms with E-state index in [2.05, 4.69) is 30.8 Å². The maximum Gasteiger partial charge on any atom is 0.295 e. The van der Waals surface area contributed by atoms with Gasteiger partial charge < -0.3 is 10.4 Å². The summed E-state index contributed by atoms with van der Waals surface area (Å²) in [4.78, 5) is 25.7. The minimum absolute atomic E-state index is 0.0330. The largest absolute Gasteiger partial charge is 0.506 e. The number of aromatic hydroxyl groups is 1. The molecule has 15 nitrogen and oxygen atoms in total. The van der Waals surface area contributed by atoms with Crippen LogP contribution >= 0.6 is 11.6 Å². The van der Waals surface area contributed by atoms with E-state index in [9.17, 15) is 35.8 Å². The smallest absolute Gasteiger partial charge is 0.295 e. The maximum absolute atomic E-state index is 13.1. The van der Waals surface area contributed by atoms with Crippen LogP contribution in [0.2, 0.25) is 5.28 Å². The van der Waals surface area contributed by atoms with Gasteiger partial charge in [-0.05, 0) is 53.4 Å². The number of ketones is 1. The summed E-state index contributed by atoms with van der Waals surface area (Å²) in [6.07, 6.45) is 0.718. The molecule has 0 fully saturated rings. The Kier molecular flexibility index (Phi) is 8.54. The number of para-hydroxylation sites is 1. The molecule has 1 aromatic heterocycles. The lowest BCUT2D eigenvalue weighted by atomic mass is 9.94. The molecule has 0 amide bonds. The summed E-state index contributed by atoms with van der Waals surface area (Å²) in [7, 11) is -9.48. The normalized spacial score (nSPS) is 14.0. The van der Waals surface area contributed by atoms with E-state index in [0.717, 1.165) is 16.4 Å². The first-order valence-electron chi connectivity index (χ1n) is 13.7. The zero-order valence-electron chi connectivity index (χ0n) is 24.2. The number of hydrogen-bond donors (Lipinski definition) is 5. The van der Waals surface area contributed by atoms with Crippen LogP contribution in [0.4, 0.5) is 29.0 Å². The number of aromatic nitrogens is 3. The minimum atomic E-state index is -4.91. The third-order valence-corrected chi connectivity index (χ3v) is 8.60. The molecular weight excluding hydrogens is 686 g/mol. The number of rotatable bonds is 9. The molecule has 0 atom stereocenters. The van der Waals surface area contributed by atoms with E-state index >= 15 is 0 Å². The van der Waals surface area contributed by atoms with Crippen molar-refractivity contribution in [3.05, 3.63) is 107 Å². The molecule has 18 heteroatoms. The SMILES string of the molecule is O=C1C=C(S(=O)(=O)O)c2cc(Nc3nc(Cl)nc(N(CS(=O)(=O)O)c4ccccc4)n3)ccc2/C1=N/Nc1c(O)ccc2ccccc12. The van der Waals surface area contributed by atoms with Crippen molar-refractivity contribution in [2.75, 3.05) is 21.5 Å². The highest BCUT2D eigenvalue weighted by Crippen LogP contribution is 2.35. The summed E-state index contributed by atoms with van der Waals surface area (Å²) < 4.78 is 67.9. The number of phenolic OH excluding ortho intramolecular Hbond substituents is 1. The van der Waals surface area contributed by atoms with Gasteiger partial charge in [0, 0.05) is 34.0 Å². The third-order valence-electron chi connectivity index (χ3n) is 6.95. The first-order valence-corrected chi connectivity index (χ1v) is 17.1. The molecule has 6 rings (SSSR count). The zero-order valence-corrected chi connectivity index (χ0v) is 26.6. The Morgan fingerprint density at radius 2 is 1.58 bits per heavy atom. The van der Waals surface area contributed by atoms with E-state index < -0.39 is 36.8 Å². The monoisotopic (exact) mass is 707 g/mol. The number of nitrogens with one attached hydrogen (secondary N) is 2. The summed E-state index contributed by atoms with van der Waals surface area (Å²) in [5, 5.41) is 18.6. The minimum Gasteiger partial charge on any atom is -0.506 e. The molecule has 0 unspecified atom stereocenters. The molecule has 244 valence electrons. The van der Waals surface area contributed by atoms with Crippen molar-refractivity contribution in [3.63, 3.8) is 0 Å². The predicted octanol–water partition coefficient (Wildman–Crippen LogP) is 4.74. The Hall–Kier alpha value is -5.46. The molecule has 1 aliphatic rings. The van der Waals surface area contributed by atoms with Gasteiger partial charge in [0.25, 0.3) is 20.2 Å². The van der Waals surface area contributed by atoms with Gasteiger partial charge in [-0.15, -0.1) is 0 Å². The van der Waals surface area contributed by atoms with Crippen molar-refractivity contribution in [2.45, 2.75) is 0 Å². The molecule has 4 aromatic carbocycles. The summed E-state index contributed by atoms with van der Waals surface area (Å²) in [5.74, 6) is -2.35. The number of halogens is 1. The van der Waals surface area contributed by atoms with Crippen LogP contribution < -0.4 is 15.6 Å². The van der Waals surface area contributed by atoms with Crippen LogP contribution in [0.1, 0.15) is 11.1 Å². The van der Waals surface area contributed by atoms with Gasteiger partial charge in [-0.2, -0.15) is 36.9 Å². The Balaban J connectivity index is 1.39. The molecule has 0 spiro atoms. The fourth-order valence-electron chi connectivity index (χ4n) is 4.91. The summed E-state index contributed by atoms with van der Waals surface area (Å²) in [6, 6.07) is 22.5. The van der Waals surface area contributed by atoms with Gasteiger partial charge in [-0.1, -0.05) is 48.5 Å². The number of hydrogen-bond acceptors (Lipinski definition) is 13. The molecule has 0 saturated carbocycles. The lowest BCUT2D eigenvalue weighted by molar-refractivity contribution is -0.108. The van der Waals surface area contributed by atoms with Crippen molar-refractivity contribution < 1.29 is 35.8 Å². The van der Waals surface area contributed by atoms with Crippen LogP contribution in [0, 0.1) is 0 Å². The molecule has 0 aliphatic heterocycles. The Morgan fingerprint density at radius 1 is 0.854 bits per heavy atom.